The van der Waals surface area contributed by atoms with Crippen LogP contribution in [0.2, 0.25) is 0 Å². The molecule has 2 fully saturated rings. The smallest absolute Gasteiger partial charge is 0.268 e. The summed E-state index contributed by atoms with van der Waals surface area (Å²) >= 11 is 0. The molecule has 4 aromatic rings. The molecule has 6 nitrogen and oxygen atoms in total. The number of aromatic nitrogens is 2. The van der Waals surface area contributed by atoms with Crippen molar-refractivity contribution in [1.29, 1.82) is 0 Å². The number of fused-ring (bicyclic) bond motifs is 1. The Bertz CT molecular complexity index is 1500. The summed E-state index contributed by atoms with van der Waals surface area (Å²) in [5, 5.41) is 0.995. The Morgan fingerprint density at radius 3 is 2.38 bits per heavy atom. The van der Waals surface area contributed by atoms with E-state index in [1.807, 2.05) is 42.9 Å². The first-order chi connectivity index (χ1) is 19.6. The number of benzene rings is 2. The molecule has 1 atom stereocenters. The Balaban J connectivity index is 1.28. The van der Waals surface area contributed by atoms with Crippen LogP contribution < -0.4 is 0 Å². The van der Waals surface area contributed by atoms with Crippen molar-refractivity contribution in [3.05, 3.63) is 96.4 Å². The standard InChI is InChI=1S/C33H40N4O2S/c38-40(39,31-13-5-2-6-14-31)37-26-29(32-15-7-8-16-33(32)37)25-35(22-27-17-19-34-20-18-27)23-28-10-9-21-36(24-28)30-11-3-1-4-12-30/h2,5-8,13-20,26,28,30H,1,3-4,9-12,21-25H2. The van der Waals surface area contributed by atoms with Crippen LogP contribution >= 0.6 is 0 Å². The highest BCUT2D eigenvalue weighted by atomic mass is 32.2. The molecule has 0 bridgehead atoms. The van der Waals surface area contributed by atoms with Crippen LogP contribution in [0.5, 0.6) is 0 Å². The molecule has 1 aliphatic heterocycles. The van der Waals surface area contributed by atoms with E-state index >= 15 is 0 Å². The van der Waals surface area contributed by atoms with E-state index in [1.54, 1.807) is 24.3 Å². The van der Waals surface area contributed by atoms with Gasteiger partial charge in [0.15, 0.2) is 0 Å². The Labute approximate surface area is 238 Å². The van der Waals surface area contributed by atoms with E-state index < -0.39 is 10.0 Å². The van der Waals surface area contributed by atoms with Crippen LogP contribution in [0.3, 0.4) is 0 Å². The lowest BCUT2D eigenvalue weighted by Gasteiger charge is -2.41. The lowest BCUT2D eigenvalue weighted by atomic mass is 9.90. The van der Waals surface area contributed by atoms with Gasteiger partial charge in [-0.2, -0.15) is 0 Å². The number of hydrogen-bond acceptors (Lipinski definition) is 5. The zero-order chi connectivity index (χ0) is 27.4. The maximum Gasteiger partial charge on any atom is 0.268 e. The molecule has 1 saturated carbocycles. The van der Waals surface area contributed by atoms with Crippen LogP contribution in [0, 0.1) is 5.92 Å². The van der Waals surface area contributed by atoms with Crippen molar-refractivity contribution in [1.82, 2.24) is 18.8 Å². The normalized spacial score (nSPS) is 19.4. The van der Waals surface area contributed by atoms with Gasteiger partial charge >= 0.3 is 0 Å². The highest BCUT2D eigenvalue weighted by Gasteiger charge is 2.29. The molecule has 6 rings (SSSR count). The van der Waals surface area contributed by atoms with E-state index in [0.717, 1.165) is 35.6 Å². The third-order valence-corrected chi connectivity index (χ3v) is 10.5. The van der Waals surface area contributed by atoms with Crippen LogP contribution in [0.25, 0.3) is 10.9 Å². The van der Waals surface area contributed by atoms with Gasteiger partial charge in [0, 0.05) is 56.2 Å². The Morgan fingerprint density at radius 2 is 1.57 bits per heavy atom. The summed E-state index contributed by atoms with van der Waals surface area (Å²) in [4.78, 5) is 9.82. The summed E-state index contributed by atoms with van der Waals surface area (Å²) in [6, 6.07) is 21.5. The summed E-state index contributed by atoms with van der Waals surface area (Å²) in [7, 11) is -3.70. The summed E-state index contributed by atoms with van der Waals surface area (Å²) in [5.74, 6) is 0.610. The highest BCUT2D eigenvalue weighted by molar-refractivity contribution is 7.90. The van der Waals surface area contributed by atoms with E-state index in [2.05, 4.69) is 33.0 Å². The van der Waals surface area contributed by atoms with Crippen LogP contribution in [0.4, 0.5) is 0 Å². The van der Waals surface area contributed by atoms with E-state index in [0.29, 0.717) is 17.4 Å². The Morgan fingerprint density at radius 1 is 0.825 bits per heavy atom. The maximum atomic E-state index is 13.7. The number of nitrogens with zero attached hydrogens (tertiary/aromatic N) is 4. The monoisotopic (exact) mass is 556 g/mol. The minimum absolute atomic E-state index is 0.306. The minimum Gasteiger partial charge on any atom is -0.300 e. The summed E-state index contributed by atoms with van der Waals surface area (Å²) in [6.45, 7) is 4.90. The van der Waals surface area contributed by atoms with E-state index in [1.165, 1.54) is 67.6 Å². The molecule has 2 aromatic carbocycles. The number of rotatable bonds is 9. The van der Waals surface area contributed by atoms with Gasteiger partial charge in [0.05, 0.1) is 10.4 Å². The summed E-state index contributed by atoms with van der Waals surface area (Å²) < 4.78 is 28.8. The van der Waals surface area contributed by atoms with Gasteiger partial charge in [-0.25, -0.2) is 12.4 Å². The lowest BCUT2D eigenvalue weighted by Crippen LogP contribution is -2.46. The molecule has 0 N–H and O–H groups in total. The molecule has 1 saturated heterocycles. The number of pyridine rings is 1. The largest absolute Gasteiger partial charge is 0.300 e. The molecule has 0 amide bonds. The number of likely N-dealkylation sites (tertiary alicyclic amines) is 1. The van der Waals surface area contributed by atoms with Crippen molar-refractivity contribution >= 4 is 20.9 Å². The van der Waals surface area contributed by atoms with E-state index in [4.69, 9.17) is 0 Å². The van der Waals surface area contributed by atoms with Crippen molar-refractivity contribution in [3.8, 4) is 0 Å². The Kier molecular flexibility index (Phi) is 8.32. The molecular weight excluding hydrogens is 516 g/mol. The molecule has 2 aromatic heterocycles. The first-order valence-corrected chi connectivity index (χ1v) is 16.3. The molecule has 1 aliphatic carbocycles. The molecule has 2 aliphatic rings. The summed E-state index contributed by atoms with van der Waals surface area (Å²) in [6.07, 6.45) is 14.9. The van der Waals surface area contributed by atoms with Gasteiger partial charge in [0.1, 0.15) is 0 Å². The second-order valence-electron chi connectivity index (χ2n) is 11.6. The van der Waals surface area contributed by atoms with Gasteiger partial charge in [0.2, 0.25) is 0 Å². The fraction of sp³-hybridized carbons (Fsp3) is 0.424. The average Bonchev–Trinajstić information content (AvgIpc) is 3.38. The van der Waals surface area contributed by atoms with Gasteiger partial charge in [-0.3, -0.25) is 9.88 Å². The van der Waals surface area contributed by atoms with Crippen molar-refractivity contribution in [2.45, 2.75) is 69.0 Å². The van der Waals surface area contributed by atoms with E-state index in [9.17, 15) is 8.42 Å². The predicted octanol–water partition coefficient (Wildman–Crippen LogP) is 6.32. The predicted molar refractivity (Wildman–Crippen MR) is 160 cm³/mol. The molecule has 3 heterocycles. The van der Waals surface area contributed by atoms with Gasteiger partial charge in [-0.15, -0.1) is 0 Å². The Hall–Kier alpha value is -3.00. The lowest BCUT2D eigenvalue weighted by molar-refractivity contribution is 0.0772. The third-order valence-electron chi connectivity index (χ3n) is 8.77. The minimum atomic E-state index is -3.70. The van der Waals surface area contributed by atoms with Crippen molar-refractivity contribution in [2.75, 3.05) is 19.6 Å². The number of piperidine rings is 1. The van der Waals surface area contributed by atoms with E-state index in [-0.39, 0.29) is 0 Å². The van der Waals surface area contributed by atoms with Crippen molar-refractivity contribution < 1.29 is 8.42 Å². The van der Waals surface area contributed by atoms with Crippen molar-refractivity contribution in [3.63, 3.8) is 0 Å². The topological polar surface area (TPSA) is 58.4 Å². The third kappa shape index (κ3) is 6.02. The second kappa shape index (κ2) is 12.2. The van der Waals surface area contributed by atoms with Crippen LogP contribution in [-0.4, -0.2) is 52.9 Å². The van der Waals surface area contributed by atoms with Crippen LogP contribution in [0.1, 0.15) is 56.1 Å². The maximum absolute atomic E-state index is 13.7. The van der Waals surface area contributed by atoms with Gasteiger partial charge in [0.25, 0.3) is 10.0 Å². The summed E-state index contributed by atoms with van der Waals surface area (Å²) in [5.41, 5.74) is 3.01. The van der Waals surface area contributed by atoms with Crippen LogP contribution in [-0.2, 0) is 23.1 Å². The molecule has 40 heavy (non-hydrogen) atoms. The van der Waals surface area contributed by atoms with Crippen molar-refractivity contribution in [2.24, 2.45) is 5.92 Å². The fourth-order valence-electron chi connectivity index (χ4n) is 6.81. The first-order valence-electron chi connectivity index (χ1n) is 14.8. The first kappa shape index (κ1) is 27.2. The van der Waals surface area contributed by atoms with Crippen LogP contribution in [0.15, 0.2) is 90.2 Å². The molecule has 0 spiro atoms. The highest BCUT2D eigenvalue weighted by Crippen LogP contribution is 2.30. The van der Waals surface area contributed by atoms with Gasteiger partial charge < -0.3 is 4.90 Å². The molecule has 7 heteroatoms. The average molecular weight is 557 g/mol. The molecule has 210 valence electrons. The zero-order valence-electron chi connectivity index (χ0n) is 23.2. The molecule has 0 radical (unpaired) electrons. The fourth-order valence-corrected chi connectivity index (χ4v) is 8.22. The second-order valence-corrected chi connectivity index (χ2v) is 13.4. The molecule has 1 unspecified atom stereocenters. The quantitative estimate of drug-likeness (QED) is 0.241. The van der Waals surface area contributed by atoms with Gasteiger partial charge in [-0.05, 0) is 79.6 Å². The zero-order valence-corrected chi connectivity index (χ0v) is 24.1. The molecular formula is C33H40N4O2S. The SMILES string of the molecule is O=S(=O)(c1ccccc1)n1cc(CN(Cc2ccncc2)CC2CCCN(C3CCCCC3)C2)c2ccccc21. The van der Waals surface area contributed by atoms with Gasteiger partial charge in [-0.1, -0.05) is 55.7 Å². The number of para-hydroxylation sites is 1. The number of hydrogen-bond donors (Lipinski definition) is 0.